The second-order valence-corrected chi connectivity index (χ2v) is 5.38. The van der Waals surface area contributed by atoms with Crippen LogP contribution in [0.3, 0.4) is 0 Å². The summed E-state index contributed by atoms with van der Waals surface area (Å²) >= 11 is 0. The van der Waals surface area contributed by atoms with Gasteiger partial charge < -0.3 is 28.5 Å². The molecule has 0 spiro atoms. The molecule has 0 unspecified atom stereocenters. The molecule has 1 N–H and O–H groups in total. The number of phenols is 1. The minimum Gasteiger partial charge on any atom is -0.504 e. The van der Waals surface area contributed by atoms with Crippen molar-refractivity contribution in [2.75, 3.05) is 21.0 Å². The third-order valence-corrected chi connectivity index (χ3v) is 4.06. The molecule has 0 aliphatic carbocycles. The van der Waals surface area contributed by atoms with Gasteiger partial charge in [0.1, 0.15) is 12.0 Å². The second kappa shape index (κ2) is 5.62. The van der Waals surface area contributed by atoms with Gasteiger partial charge in [-0.05, 0) is 18.2 Å². The van der Waals surface area contributed by atoms with Gasteiger partial charge in [-0.3, -0.25) is 4.79 Å². The number of ether oxygens (including phenoxy) is 4. The highest BCUT2D eigenvalue weighted by molar-refractivity contribution is 5.89. The van der Waals surface area contributed by atoms with E-state index in [1.807, 2.05) is 0 Å². The number of fused-ring (bicyclic) bond motifs is 2. The number of hydrogen-bond acceptors (Lipinski definition) is 7. The Balaban J connectivity index is 1.99. The van der Waals surface area contributed by atoms with E-state index in [9.17, 15) is 9.90 Å². The molecule has 0 radical (unpaired) electrons. The van der Waals surface area contributed by atoms with E-state index in [0.29, 0.717) is 28.4 Å². The average Bonchev–Trinajstić information content (AvgIpc) is 3.08. The third-order valence-electron chi connectivity index (χ3n) is 4.06. The summed E-state index contributed by atoms with van der Waals surface area (Å²) in [5, 5.41) is 10.1. The van der Waals surface area contributed by atoms with E-state index in [2.05, 4.69) is 0 Å². The summed E-state index contributed by atoms with van der Waals surface area (Å²) in [5.41, 5.74) is 0.720. The predicted octanol–water partition coefficient (Wildman–Crippen LogP) is 2.91. The highest BCUT2D eigenvalue weighted by atomic mass is 16.7. The third kappa shape index (κ3) is 2.24. The lowest BCUT2D eigenvalue weighted by molar-refractivity contribution is 0.174. The summed E-state index contributed by atoms with van der Waals surface area (Å²) in [4.78, 5) is 13.0. The van der Waals surface area contributed by atoms with Crippen LogP contribution >= 0.6 is 0 Å². The van der Waals surface area contributed by atoms with Crippen LogP contribution in [0.1, 0.15) is 0 Å². The zero-order valence-electron chi connectivity index (χ0n) is 13.5. The van der Waals surface area contributed by atoms with Crippen LogP contribution < -0.4 is 24.4 Å². The Bertz CT molecular complexity index is 1040. The fourth-order valence-electron chi connectivity index (χ4n) is 2.85. The van der Waals surface area contributed by atoms with Crippen molar-refractivity contribution in [1.82, 2.24) is 0 Å². The zero-order valence-corrected chi connectivity index (χ0v) is 13.5. The molecule has 1 aliphatic rings. The lowest BCUT2D eigenvalue weighted by atomic mass is 10.0. The van der Waals surface area contributed by atoms with Gasteiger partial charge in [-0.15, -0.1) is 0 Å². The first kappa shape index (κ1) is 15.2. The molecule has 3 aromatic rings. The molecule has 7 nitrogen and oxygen atoms in total. The molecule has 0 atom stereocenters. The zero-order chi connectivity index (χ0) is 17.6. The van der Waals surface area contributed by atoms with Gasteiger partial charge in [-0.1, -0.05) is 0 Å². The summed E-state index contributed by atoms with van der Waals surface area (Å²) in [6, 6.07) is 6.22. The van der Waals surface area contributed by atoms with Crippen molar-refractivity contribution in [2.45, 2.75) is 0 Å². The van der Waals surface area contributed by atoms with Gasteiger partial charge in [0.15, 0.2) is 22.8 Å². The Morgan fingerprint density at radius 2 is 1.80 bits per heavy atom. The molecule has 0 saturated carbocycles. The minimum absolute atomic E-state index is 0.105. The first-order valence-corrected chi connectivity index (χ1v) is 7.43. The van der Waals surface area contributed by atoms with E-state index in [1.165, 1.54) is 32.6 Å². The lowest BCUT2D eigenvalue weighted by Crippen LogP contribution is -2.06. The Hall–Kier alpha value is -3.35. The molecule has 0 fully saturated rings. The molecule has 0 amide bonds. The Morgan fingerprint density at radius 3 is 2.52 bits per heavy atom. The largest absolute Gasteiger partial charge is 0.504 e. The van der Waals surface area contributed by atoms with E-state index in [1.54, 1.807) is 12.1 Å². The standard InChI is InChI=1S/C18H14O7/c1-21-13-6-15-14(24-8-25-15)5-10(13)11-7-23-17-9(16(11)20)3-4-12(19)18(17)22-2/h3-7,19H,8H2,1-2H3. The number of phenolic OH excluding ortho intramolecular Hbond substituents is 1. The van der Waals surface area contributed by atoms with E-state index in [-0.39, 0.29) is 34.7 Å². The molecule has 25 heavy (non-hydrogen) atoms. The quantitative estimate of drug-likeness (QED) is 0.783. The van der Waals surface area contributed by atoms with Gasteiger partial charge in [0.25, 0.3) is 0 Å². The monoisotopic (exact) mass is 342 g/mol. The van der Waals surface area contributed by atoms with Crippen LogP contribution in [0.25, 0.3) is 22.1 Å². The summed E-state index contributed by atoms with van der Waals surface area (Å²) in [5.74, 6) is 1.54. The molecule has 7 heteroatoms. The fraction of sp³-hybridized carbons (Fsp3) is 0.167. The maximum atomic E-state index is 13.0. The average molecular weight is 342 g/mol. The van der Waals surface area contributed by atoms with Crippen LogP contribution in [0.4, 0.5) is 0 Å². The van der Waals surface area contributed by atoms with Crippen LogP contribution in [-0.4, -0.2) is 26.1 Å². The summed E-state index contributed by atoms with van der Waals surface area (Å²) < 4.78 is 26.8. The first-order valence-electron chi connectivity index (χ1n) is 7.43. The number of rotatable bonds is 3. The number of hydrogen-bond donors (Lipinski definition) is 1. The van der Waals surface area contributed by atoms with Gasteiger partial charge in [0.05, 0.1) is 25.2 Å². The molecular formula is C18H14O7. The van der Waals surface area contributed by atoms with E-state index >= 15 is 0 Å². The predicted molar refractivity (Wildman–Crippen MR) is 88.8 cm³/mol. The van der Waals surface area contributed by atoms with Crippen molar-refractivity contribution in [3.63, 3.8) is 0 Å². The van der Waals surface area contributed by atoms with E-state index in [0.717, 1.165) is 0 Å². The second-order valence-electron chi connectivity index (χ2n) is 5.38. The van der Waals surface area contributed by atoms with Crippen LogP contribution in [-0.2, 0) is 0 Å². The summed E-state index contributed by atoms with van der Waals surface area (Å²) in [6.45, 7) is 0.116. The highest BCUT2D eigenvalue weighted by Crippen LogP contribution is 2.42. The smallest absolute Gasteiger partial charge is 0.231 e. The van der Waals surface area contributed by atoms with Crippen LogP contribution in [0.2, 0.25) is 0 Å². The summed E-state index contributed by atoms with van der Waals surface area (Å²) in [6.07, 6.45) is 1.31. The van der Waals surface area contributed by atoms with Crippen LogP contribution in [0.15, 0.2) is 39.7 Å². The molecule has 4 rings (SSSR count). The molecule has 0 bridgehead atoms. The molecule has 2 aromatic carbocycles. The Labute approximate surface area is 141 Å². The van der Waals surface area contributed by atoms with E-state index < -0.39 is 0 Å². The highest BCUT2D eigenvalue weighted by Gasteiger charge is 2.22. The van der Waals surface area contributed by atoms with Crippen molar-refractivity contribution in [2.24, 2.45) is 0 Å². The maximum absolute atomic E-state index is 13.0. The normalized spacial score (nSPS) is 12.4. The van der Waals surface area contributed by atoms with Crippen LogP contribution in [0.5, 0.6) is 28.7 Å². The van der Waals surface area contributed by atoms with Gasteiger partial charge in [0.2, 0.25) is 18.0 Å². The lowest BCUT2D eigenvalue weighted by Gasteiger charge is -2.11. The molecule has 2 heterocycles. The first-order chi connectivity index (χ1) is 12.1. The van der Waals surface area contributed by atoms with Gasteiger partial charge >= 0.3 is 0 Å². The minimum atomic E-state index is -0.281. The fourth-order valence-corrected chi connectivity index (χ4v) is 2.85. The molecule has 128 valence electrons. The molecule has 1 aromatic heterocycles. The van der Waals surface area contributed by atoms with E-state index in [4.69, 9.17) is 23.4 Å². The van der Waals surface area contributed by atoms with Crippen molar-refractivity contribution in [3.8, 4) is 39.9 Å². The molecule has 0 saturated heterocycles. The van der Waals surface area contributed by atoms with Gasteiger partial charge in [-0.25, -0.2) is 0 Å². The molecule has 1 aliphatic heterocycles. The van der Waals surface area contributed by atoms with Crippen LogP contribution in [0, 0.1) is 0 Å². The van der Waals surface area contributed by atoms with Crippen molar-refractivity contribution in [3.05, 3.63) is 40.8 Å². The number of aromatic hydroxyl groups is 1. The Morgan fingerprint density at radius 1 is 1.04 bits per heavy atom. The topological polar surface area (TPSA) is 87.4 Å². The van der Waals surface area contributed by atoms with Crippen molar-refractivity contribution >= 4 is 11.0 Å². The maximum Gasteiger partial charge on any atom is 0.231 e. The van der Waals surface area contributed by atoms with Crippen molar-refractivity contribution < 1.29 is 28.5 Å². The number of benzene rings is 2. The SMILES string of the molecule is COc1cc2c(cc1-c1coc3c(OC)c(O)ccc3c1=O)OCO2. The molecular weight excluding hydrogens is 328 g/mol. The van der Waals surface area contributed by atoms with Crippen molar-refractivity contribution in [1.29, 1.82) is 0 Å². The number of methoxy groups -OCH3 is 2. The summed E-state index contributed by atoms with van der Waals surface area (Å²) in [7, 11) is 2.90. The Kier molecular flexibility index (Phi) is 3.42. The van der Waals surface area contributed by atoms with Gasteiger partial charge in [-0.2, -0.15) is 0 Å². The van der Waals surface area contributed by atoms with Gasteiger partial charge in [0, 0.05) is 11.6 Å².